The maximum atomic E-state index is 12.7. The molecular formula is C20H34N2O5Si. The second-order valence-electron chi connectivity index (χ2n) is 9.37. The van der Waals surface area contributed by atoms with Crippen LogP contribution in [0.4, 0.5) is 16.2 Å². The lowest BCUT2D eigenvalue weighted by Crippen LogP contribution is -2.42. The van der Waals surface area contributed by atoms with Crippen molar-refractivity contribution < 1.29 is 18.9 Å². The van der Waals surface area contributed by atoms with Crippen molar-refractivity contribution in [3.05, 3.63) is 34.4 Å². The molecule has 1 amide bonds. The van der Waals surface area contributed by atoms with E-state index < -0.39 is 24.9 Å². The number of hydrogen-bond acceptors (Lipinski definition) is 5. The summed E-state index contributed by atoms with van der Waals surface area (Å²) in [5, 5.41) is 11.0. The van der Waals surface area contributed by atoms with E-state index >= 15 is 0 Å². The van der Waals surface area contributed by atoms with Gasteiger partial charge in [0.15, 0.2) is 8.32 Å². The molecule has 0 fully saturated rings. The summed E-state index contributed by atoms with van der Waals surface area (Å²) in [4.78, 5) is 24.6. The van der Waals surface area contributed by atoms with Gasteiger partial charge in [-0.2, -0.15) is 0 Å². The lowest BCUT2D eigenvalue weighted by atomic mass is 10.2. The molecule has 0 aliphatic heterocycles. The molecule has 8 heteroatoms. The predicted octanol–water partition coefficient (Wildman–Crippen LogP) is 5.75. The topological polar surface area (TPSA) is 81.9 Å². The molecule has 7 nitrogen and oxygen atoms in total. The van der Waals surface area contributed by atoms with Crippen molar-refractivity contribution in [2.45, 2.75) is 71.7 Å². The highest BCUT2D eigenvalue weighted by Crippen LogP contribution is 2.36. The van der Waals surface area contributed by atoms with Crippen LogP contribution in [0.15, 0.2) is 24.3 Å². The number of benzene rings is 1. The summed E-state index contributed by atoms with van der Waals surface area (Å²) in [7, 11) is -1.85. The Hall–Kier alpha value is -1.93. The highest BCUT2D eigenvalue weighted by molar-refractivity contribution is 6.74. The van der Waals surface area contributed by atoms with Crippen LogP contribution in [-0.4, -0.2) is 38.1 Å². The van der Waals surface area contributed by atoms with E-state index in [9.17, 15) is 14.9 Å². The summed E-state index contributed by atoms with van der Waals surface area (Å²) in [6.45, 7) is 17.3. The van der Waals surface area contributed by atoms with Gasteiger partial charge in [0.2, 0.25) is 0 Å². The van der Waals surface area contributed by atoms with Crippen molar-refractivity contribution in [1.29, 1.82) is 0 Å². The standard InChI is InChI=1S/C20H34N2O5Si/c1-19(2,3)27-18(23)21(16-10-12-17(13-11-16)22(24)25)14-9-15-26-28(7,8)20(4,5)6/h10-13H,9,14-15H2,1-8H3. The Morgan fingerprint density at radius 2 is 1.64 bits per heavy atom. The van der Waals surface area contributed by atoms with Crippen molar-refractivity contribution in [3.63, 3.8) is 0 Å². The third kappa shape index (κ3) is 7.24. The van der Waals surface area contributed by atoms with Crippen LogP contribution < -0.4 is 4.90 Å². The van der Waals surface area contributed by atoms with Gasteiger partial charge >= 0.3 is 6.09 Å². The number of ether oxygens (including phenoxy) is 1. The van der Waals surface area contributed by atoms with Crippen molar-refractivity contribution >= 4 is 25.8 Å². The number of amides is 1. The third-order valence-corrected chi connectivity index (χ3v) is 9.32. The zero-order chi connectivity index (χ0) is 21.8. The van der Waals surface area contributed by atoms with Gasteiger partial charge in [-0.25, -0.2) is 4.79 Å². The fraction of sp³-hybridized carbons (Fsp3) is 0.650. The highest BCUT2D eigenvalue weighted by Gasteiger charge is 2.37. The second kappa shape index (κ2) is 9.04. The fourth-order valence-corrected chi connectivity index (χ4v) is 3.25. The Morgan fingerprint density at radius 3 is 2.07 bits per heavy atom. The molecule has 0 atom stereocenters. The number of carbonyl (C=O) groups is 1. The third-order valence-electron chi connectivity index (χ3n) is 4.78. The van der Waals surface area contributed by atoms with Crippen LogP contribution in [0, 0.1) is 10.1 Å². The lowest BCUT2D eigenvalue weighted by Gasteiger charge is -2.36. The Balaban J connectivity index is 2.87. The molecule has 1 aromatic rings. The molecule has 0 aliphatic rings. The van der Waals surface area contributed by atoms with Gasteiger partial charge in [-0.05, 0) is 57.5 Å². The summed E-state index contributed by atoms with van der Waals surface area (Å²) in [5.41, 5.74) is -0.0883. The first-order valence-electron chi connectivity index (χ1n) is 9.53. The zero-order valence-electron chi connectivity index (χ0n) is 18.4. The van der Waals surface area contributed by atoms with Gasteiger partial charge in [0.25, 0.3) is 5.69 Å². The largest absolute Gasteiger partial charge is 0.443 e. The molecule has 0 aromatic heterocycles. The van der Waals surface area contributed by atoms with Crippen molar-refractivity contribution in [3.8, 4) is 0 Å². The van der Waals surface area contributed by atoms with Gasteiger partial charge in [0, 0.05) is 31.0 Å². The van der Waals surface area contributed by atoms with E-state index in [4.69, 9.17) is 9.16 Å². The molecule has 0 spiro atoms. The molecule has 28 heavy (non-hydrogen) atoms. The van der Waals surface area contributed by atoms with Gasteiger partial charge < -0.3 is 9.16 Å². The summed E-state index contributed by atoms with van der Waals surface area (Å²) in [5.74, 6) is 0. The zero-order valence-corrected chi connectivity index (χ0v) is 19.4. The van der Waals surface area contributed by atoms with Crippen LogP contribution in [0.5, 0.6) is 0 Å². The molecule has 1 aromatic carbocycles. The number of non-ortho nitro benzene ring substituents is 1. The lowest BCUT2D eigenvalue weighted by molar-refractivity contribution is -0.384. The van der Waals surface area contributed by atoms with E-state index in [1.165, 1.54) is 17.0 Å². The Labute approximate surface area is 169 Å². The summed E-state index contributed by atoms with van der Waals surface area (Å²) in [6.07, 6.45) is 0.164. The highest BCUT2D eigenvalue weighted by atomic mass is 28.4. The van der Waals surface area contributed by atoms with Crippen LogP contribution in [0.2, 0.25) is 18.1 Å². The number of hydrogen-bond donors (Lipinski definition) is 0. The van der Waals surface area contributed by atoms with E-state index in [2.05, 4.69) is 33.9 Å². The van der Waals surface area contributed by atoms with Gasteiger partial charge in [0.1, 0.15) is 5.60 Å². The molecule has 0 bridgehead atoms. The molecule has 0 heterocycles. The monoisotopic (exact) mass is 410 g/mol. The molecule has 0 unspecified atom stereocenters. The molecule has 1 rings (SSSR count). The van der Waals surface area contributed by atoms with Gasteiger partial charge in [-0.3, -0.25) is 15.0 Å². The quantitative estimate of drug-likeness (QED) is 0.247. The minimum atomic E-state index is -1.85. The van der Waals surface area contributed by atoms with Crippen LogP contribution in [-0.2, 0) is 9.16 Å². The summed E-state index contributed by atoms with van der Waals surface area (Å²) in [6, 6.07) is 5.91. The van der Waals surface area contributed by atoms with Crippen molar-refractivity contribution in [2.24, 2.45) is 0 Å². The molecular weight excluding hydrogens is 376 g/mol. The average molecular weight is 411 g/mol. The molecule has 0 aliphatic carbocycles. The molecule has 0 saturated carbocycles. The van der Waals surface area contributed by atoms with Crippen molar-refractivity contribution in [1.82, 2.24) is 0 Å². The minimum Gasteiger partial charge on any atom is -0.443 e. The van der Waals surface area contributed by atoms with E-state index in [1.54, 1.807) is 32.9 Å². The Bertz CT molecular complexity index is 675. The van der Waals surface area contributed by atoms with E-state index in [-0.39, 0.29) is 10.7 Å². The molecule has 158 valence electrons. The maximum absolute atomic E-state index is 12.7. The fourth-order valence-electron chi connectivity index (χ4n) is 2.16. The van der Waals surface area contributed by atoms with E-state index in [1.807, 2.05) is 0 Å². The number of nitrogens with zero attached hydrogens (tertiary/aromatic N) is 2. The second-order valence-corrected chi connectivity index (χ2v) is 14.2. The smallest absolute Gasteiger partial charge is 0.414 e. The van der Waals surface area contributed by atoms with Gasteiger partial charge in [-0.15, -0.1) is 0 Å². The minimum absolute atomic E-state index is 0.0193. The Morgan fingerprint density at radius 1 is 1.11 bits per heavy atom. The van der Waals surface area contributed by atoms with Crippen molar-refractivity contribution in [2.75, 3.05) is 18.1 Å². The number of anilines is 1. The van der Waals surface area contributed by atoms with Gasteiger partial charge in [0.05, 0.1) is 4.92 Å². The summed E-state index contributed by atoms with van der Waals surface area (Å²) >= 11 is 0. The summed E-state index contributed by atoms with van der Waals surface area (Å²) < 4.78 is 11.7. The first-order valence-corrected chi connectivity index (χ1v) is 12.4. The number of nitro groups is 1. The normalized spacial score (nSPS) is 12.6. The van der Waals surface area contributed by atoms with Crippen LogP contribution in [0.3, 0.4) is 0 Å². The van der Waals surface area contributed by atoms with Gasteiger partial charge in [-0.1, -0.05) is 20.8 Å². The van der Waals surface area contributed by atoms with Crippen LogP contribution >= 0.6 is 0 Å². The number of carbonyl (C=O) groups excluding carboxylic acids is 1. The van der Waals surface area contributed by atoms with Crippen LogP contribution in [0.1, 0.15) is 48.0 Å². The molecule has 0 radical (unpaired) electrons. The maximum Gasteiger partial charge on any atom is 0.414 e. The van der Waals surface area contributed by atoms with E-state index in [0.29, 0.717) is 25.3 Å². The number of nitro benzene ring substituents is 1. The Kier molecular flexibility index (Phi) is 7.79. The first-order chi connectivity index (χ1) is 12.6. The van der Waals surface area contributed by atoms with Crippen LogP contribution in [0.25, 0.3) is 0 Å². The molecule has 0 saturated heterocycles. The average Bonchev–Trinajstić information content (AvgIpc) is 2.52. The predicted molar refractivity (Wildman–Crippen MR) is 114 cm³/mol. The number of rotatable bonds is 7. The SMILES string of the molecule is CC(C)(C)OC(=O)N(CCCO[Si](C)(C)C(C)(C)C)c1ccc([N+](=O)[O-])cc1. The first kappa shape index (κ1) is 24.1. The van der Waals surface area contributed by atoms with E-state index in [0.717, 1.165) is 0 Å². The molecule has 0 N–H and O–H groups in total.